The number of nitrogens with one attached hydrogen (secondary N) is 1. The lowest BCUT2D eigenvalue weighted by Gasteiger charge is -2.05. The van der Waals surface area contributed by atoms with E-state index in [1.807, 2.05) is 53.2 Å². The smallest absolute Gasteiger partial charge is 0.276 e. The molecule has 0 unspecified atom stereocenters. The molecule has 0 saturated carbocycles. The number of aryl methyl sites for hydroxylation is 1. The summed E-state index contributed by atoms with van der Waals surface area (Å²) >= 11 is 1.51. The fraction of sp³-hybridized carbons (Fsp3) is 0.0400. The summed E-state index contributed by atoms with van der Waals surface area (Å²) in [6.45, 7) is 1.90. The van der Waals surface area contributed by atoms with Crippen molar-refractivity contribution in [3.63, 3.8) is 0 Å². The number of imidazole rings is 1. The maximum absolute atomic E-state index is 12.6. The predicted octanol–water partition coefficient (Wildman–Crippen LogP) is 5.35. The van der Waals surface area contributed by atoms with Gasteiger partial charge in [-0.25, -0.2) is 9.82 Å². The van der Waals surface area contributed by atoms with Crippen LogP contribution in [0.5, 0.6) is 0 Å². The summed E-state index contributed by atoms with van der Waals surface area (Å²) in [6, 6.07) is 24.9. The van der Waals surface area contributed by atoms with Crippen LogP contribution in [0.25, 0.3) is 27.3 Å². The molecule has 0 radical (unpaired) electrons. The minimum absolute atomic E-state index is 0.163. The second-order valence-corrected chi connectivity index (χ2v) is 10.0. The molecule has 0 aliphatic heterocycles. The van der Waals surface area contributed by atoms with E-state index >= 15 is 0 Å². The maximum atomic E-state index is 12.6. The molecule has 0 saturated heterocycles. The van der Waals surface area contributed by atoms with E-state index in [1.54, 1.807) is 24.3 Å². The van der Waals surface area contributed by atoms with Crippen LogP contribution in [0.3, 0.4) is 0 Å². The van der Waals surface area contributed by atoms with Crippen LogP contribution < -0.4 is 4.83 Å². The average Bonchev–Trinajstić information content (AvgIpc) is 3.42. The lowest BCUT2D eigenvalue weighted by Crippen LogP contribution is -2.18. The average molecular weight is 473 g/mol. The van der Waals surface area contributed by atoms with Gasteiger partial charge < -0.3 is 0 Å². The van der Waals surface area contributed by atoms with E-state index in [4.69, 9.17) is 4.98 Å². The highest BCUT2D eigenvalue weighted by Gasteiger charge is 2.15. The number of hydrogen-bond acceptors (Lipinski definition) is 5. The third kappa shape index (κ3) is 4.30. The highest BCUT2D eigenvalue weighted by Crippen LogP contribution is 2.28. The van der Waals surface area contributed by atoms with Gasteiger partial charge in [0.25, 0.3) is 10.0 Å². The lowest BCUT2D eigenvalue weighted by molar-refractivity contribution is 0.584. The van der Waals surface area contributed by atoms with Gasteiger partial charge >= 0.3 is 0 Å². The number of benzene rings is 3. The predicted molar refractivity (Wildman–Crippen MR) is 133 cm³/mol. The van der Waals surface area contributed by atoms with Crippen LogP contribution >= 0.6 is 11.3 Å². The molecule has 0 spiro atoms. The SMILES string of the molecule is Cc1ccc(S(=O)(=O)N/N=C/c2c(-c3ccc(-c4ccccc4)cc3)nc3sccn23)cc1. The number of nitrogens with zero attached hydrogens (tertiary/aromatic N) is 3. The van der Waals surface area contributed by atoms with E-state index in [0.717, 1.165) is 32.9 Å². The van der Waals surface area contributed by atoms with E-state index in [1.165, 1.54) is 17.6 Å². The summed E-state index contributed by atoms with van der Waals surface area (Å²) in [5, 5.41) is 5.98. The second-order valence-electron chi connectivity index (χ2n) is 7.51. The van der Waals surface area contributed by atoms with Crippen molar-refractivity contribution in [3.8, 4) is 22.4 Å². The van der Waals surface area contributed by atoms with Crippen LogP contribution in [0.15, 0.2) is 100 Å². The van der Waals surface area contributed by atoms with Crippen molar-refractivity contribution < 1.29 is 8.42 Å². The molecule has 2 heterocycles. The highest BCUT2D eigenvalue weighted by molar-refractivity contribution is 7.89. The summed E-state index contributed by atoms with van der Waals surface area (Å²) in [7, 11) is -3.76. The van der Waals surface area contributed by atoms with Crippen molar-refractivity contribution in [1.29, 1.82) is 0 Å². The van der Waals surface area contributed by atoms with Gasteiger partial charge in [-0.2, -0.15) is 13.5 Å². The van der Waals surface area contributed by atoms with E-state index < -0.39 is 10.0 Å². The van der Waals surface area contributed by atoms with Crippen molar-refractivity contribution in [2.24, 2.45) is 5.10 Å². The molecule has 2 aromatic heterocycles. The number of hydrazone groups is 1. The molecule has 5 rings (SSSR count). The number of hydrogen-bond donors (Lipinski definition) is 1. The van der Waals surface area contributed by atoms with Crippen LogP contribution in [-0.2, 0) is 10.0 Å². The number of thiazole rings is 1. The van der Waals surface area contributed by atoms with E-state index in [9.17, 15) is 8.42 Å². The van der Waals surface area contributed by atoms with E-state index in [0.29, 0.717) is 5.69 Å². The van der Waals surface area contributed by atoms with Gasteiger partial charge in [0.05, 0.1) is 22.5 Å². The molecular formula is C25H20N4O2S2. The van der Waals surface area contributed by atoms with Crippen molar-refractivity contribution in [2.75, 3.05) is 0 Å². The molecular weight excluding hydrogens is 452 g/mol. The second kappa shape index (κ2) is 8.65. The molecule has 33 heavy (non-hydrogen) atoms. The third-order valence-corrected chi connectivity index (χ3v) is 7.25. The fourth-order valence-electron chi connectivity index (χ4n) is 3.52. The highest BCUT2D eigenvalue weighted by atomic mass is 32.2. The number of aromatic nitrogens is 2. The number of sulfonamides is 1. The molecule has 164 valence electrons. The topological polar surface area (TPSA) is 75.8 Å². The van der Waals surface area contributed by atoms with Gasteiger partial charge in [-0.1, -0.05) is 72.3 Å². The molecule has 0 amide bonds. The van der Waals surface area contributed by atoms with Gasteiger partial charge in [0.2, 0.25) is 0 Å². The normalized spacial score (nSPS) is 11.9. The standard InChI is InChI=1S/C25H20N4O2S2/c1-18-7-13-22(14-8-18)33(30,31)28-26-17-23-24(27-25-29(23)15-16-32-25)21-11-9-20(10-12-21)19-5-3-2-4-6-19/h2-17,28H,1H3/b26-17+. The largest absolute Gasteiger partial charge is 0.289 e. The fourth-order valence-corrected chi connectivity index (χ4v) is 5.03. The first-order valence-electron chi connectivity index (χ1n) is 10.2. The van der Waals surface area contributed by atoms with Crippen molar-refractivity contribution in [3.05, 3.63) is 102 Å². The van der Waals surface area contributed by atoms with Gasteiger partial charge in [-0.15, -0.1) is 11.3 Å². The first-order chi connectivity index (χ1) is 16.0. The van der Waals surface area contributed by atoms with Crippen molar-refractivity contribution in [1.82, 2.24) is 14.2 Å². The molecule has 0 aliphatic rings. The summed E-state index contributed by atoms with van der Waals surface area (Å²) < 4.78 is 27.0. The number of fused-ring (bicyclic) bond motifs is 1. The first-order valence-corrected chi connectivity index (χ1v) is 12.6. The summed E-state index contributed by atoms with van der Waals surface area (Å²) in [5.74, 6) is 0. The van der Waals surface area contributed by atoms with Crippen LogP contribution in [0.2, 0.25) is 0 Å². The van der Waals surface area contributed by atoms with Gasteiger partial charge in [-0.3, -0.25) is 4.40 Å². The Morgan fingerprint density at radius 1 is 0.909 bits per heavy atom. The van der Waals surface area contributed by atoms with Crippen molar-refractivity contribution >= 4 is 32.5 Å². The Morgan fingerprint density at radius 2 is 1.58 bits per heavy atom. The molecule has 6 nitrogen and oxygen atoms in total. The molecule has 3 aromatic carbocycles. The Morgan fingerprint density at radius 3 is 2.30 bits per heavy atom. The quantitative estimate of drug-likeness (QED) is 0.267. The zero-order valence-electron chi connectivity index (χ0n) is 17.7. The van der Waals surface area contributed by atoms with Gasteiger partial charge in [-0.05, 0) is 30.2 Å². The molecule has 1 N–H and O–H groups in total. The maximum Gasteiger partial charge on any atom is 0.276 e. The Balaban J connectivity index is 1.46. The van der Waals surface area contributed by atoms with Crippen LogP contribution in [-0.4, -0.2) is 24.0 Å². The summed E-state index contributed by atoms with van der Waals surface area (Å²) in [4.78, 5) is 8.01. The Bertz CT molecular complexity index is 1530. The zero-order valence-corrected chi connectivity index (χ0v) is 19.3. The minimum Gasteiger partial charge on any atom is -0.289 e. The van der Waals surface area contributed by atoms with E-state index in [-0.39, 0.29) is 4.90 Å². The molecule has 5 aromatic rings. The molecule has 0 bridgehead atoms. The van der Waals surface area contributed by atoms with Crippen LogP contribution in [0.4, 0.5) is 0 Å². The lowest BCUT2D eigenvalue weighted by atomic mass is 10.0. The third-order valence-electron chi connectivity index (χ3n) is 5.26. The minimum atomic E-state index is -3.76. The summed E-state index contributed by atoms with van der Waals surface area (Å²) in [5.41, 5.74) is 5.60. The Kier molecular flexibility index (Phi) is 5.53. The monoisotopic (exact) mass is 472 g/mol. The Labute approximate surface area is 195 Å². The Hall–Kier alpha value is -3.75. The summed E-state index contributed by atoms with van der Waals surface area (Å²) in [6.07, 6.45) is 3.39. The van der Waals surface area contributed by atoms with Crippen LogP contribution in [0, 0.1) is 6.92 Å². The van der Waals surface area contributed by atoms with E-state index in [2.05, 4.69) is 34.2 Å². The van der Waals surface area contributed by atoms with Gasteiger partial charge in [0.1, 0.15) is 0 Å². The first kappa shape index (κ1) is 21.1. The molecule has 8 heteroatoms. The molecule has 0 aliphatic carbocycles. The van der Waals surface area contributed by atoms with Gasteiger partial charge in [0.15, 0.2) is 4.96 Å². The molecule has 0 fully saturated rings. The van der Waals surface area contributed by atoms with Gasteiger partial charge in [0, 0.05) is 17.1 Å². The number of rotatable bonds is 6. The zero-order chi connectivity index (χ0) is 22.8. The van der Waals surface area contributed by atoms with Crippen molar-refractivity contribution in [2.45, 2.75) is 11.8 Å². The van der Waals surface area contributed by atoms with Crippen LogP contribution in [0.1, 0.15) is 11.3 Å². The molecule has 0 atom stereocenters.